The molecule has 1 amide bonds. The number of carbonyl (C=O) groups is 1. The molecule has 6 nitrogen and oxygen atoms in total. The number of rotatable bonds is 7. The van der Waals surface area contributed by atoms with E-state index in [4.69, 9.17) is 16.3 Å². The van der Waals surface area contributed by atoms with Crippen LogP contribution in [0.4, 0.5) is 5.69 Å². The molecule has 2 aromatic rings. The molecule has 2 atom stereocenters. The molecule has 3 rings (SSSR count). The van der Waals surface area contributed by atoms with Crippen LogP contribution in [0.5, 0.6) is 5.75 Å². The number of hydrogen-bond acceptors (Lipinski definition) is 5. The minimum Gasteiger partial charge on any atom is -0.481 e. The van der Waals surface area contributed by atoms with Crippen molar-refractivity contribution < 1.29 is 17.9 Å². The fourth-order valence-electron chi connectivity index (χ4n) is 3.97. The van der Waals surface area contributed by atoms with Crippen molar-refractivity contribution in [2.24, 2.45) is 0 Å². The first-order chi connectivity index (χ1) is 15.0. The molecule has 1 aliphatic rings. The number of amides is 1. The van der Waals surface area contributed by atoms with E-state index in [0.717, 1.165) is 22.4 Å². The zero-order valence-corrected chi connectivity index (χ0v) is 20.8. The van der Waals surface area contributed by atoms with E-state index < -0.39 is 15.9 Å². The lowest BCUT2D eigenvalue weighted by molar-refractivity contribution is -0.140. The highest BCUT2D eigenvalue weighted by Gasteiger charge is 2.36. The fraction of sp³-hybridized carbons (Fsp3) is 0.458. The van der Waals surface area contributed by atoms with Crippen molar-refractivity contribution in [3.8, 4) is 5.75 Å². The fourth-order valence-corrected chi connectivity index (χ4v) is 5.81. The molecule has 1 saturated heterocycles. The highest BCUT2D eigenvalue weighted by Crippen LogP contribution is 2.28. The highest BCUT2D eigenvalue weighted by molar-refractivity contribution is 7.91. The summed E-state index contributed by atoms with van der Waals surface area (Å²) in [5.41, 5.74) is 3.75. The Morgan fingerprint density at radius 1 is 1.16 bits per heavy atom. The summed E-state index contributed by atoms with van der Waals surface area (Å²) >= 11 is 6.24. The van der Waals surface area contributed by atoms with Gasteiger partial charge in [0.15, 0.2) is 15.9 Å². The maximum absolute atomic E-state index is 13.4. The Bertz CT molecular complexity index is 1060. The Morgan fingerprint density at radius 2 is 1.75 bits per heavy atom. The van der Waals surface area contributed by atoms with Crippen molar-refractivity contribution in [3.05, 3.63) is 58.1 Å². The molecule has 0 radical (unpaired) electrons. The van der Waals surface area contributed by atoms with Gasteiger partial charge in [-0.1, -0.05) is 23.7 Å². The third-order valence-electron chi connectivity index (χ3n) is 5.81. The summed E-state index contributed by atoms with van der Waals surface area (Å²) in [5, 5.41) is 0.676. The van der Waals surface area contributed by atoms with Gasteiger partial charge < -0.3 is 14.5 Å². The van der Waals surface area contributed by atoms with E-state index >= 15 is 0 Å². The van der Waals surface area contributed by atoms with Crippen LogP contribution in [-0.4, -0.2) is 57.0 Å². The Morgan fingerprint density at radius 3 is 2.25 bits per heavy atom. The van der Waals surface area contributed by atoms with Crippen molar-refractivity contribution in [2.45, 2.75) is 45.9 Å². The molecular formula is C24H31ClN2O4S. The molecule has 2 unspecified atom stereocenters. The molecule has 0 bridgehead atoms. The van der Waals surface area contributed by atoms with E-state index in [-0.39, 0.29) is 23.5 Å². The Balaban J connectivity index is 1.82. The maximum Gasteiger partial charge on any atom is 0.263 e. The summed E-state index contributed by atoms with van der Waals surface area (Å²) in [6.07, 6.45) is -0.324. The third kappa shape index (κ3) is 5.75. The number of sulfone groups is 1. The van der Waals surface area contributed by atoms with E-state index in [1.807, 2.05) is 69.2 Å². The normalized spacial score (nSPS) is 18.2. The molecular weight excluding hydrogens is 448 g/mol. The zero-order chi connectivity index (χ0) is 23.6. The van der Waals surface area contributed by atoms with Crippen molar-refractivity contribution in [1.29, 1.82) is 0 Å². The van der Waals surface area contributed by atoms with Crippen LogP contribution in [0.15, 0.2) is 36.4 Å². The summed E-state index contributed by atoms with van der Waals surface area (Å²) in [7, 11) is 0.791. The summed E-state index contributed by atoms with van der Waals surface area (Å²) < 4.78 is 30.2. The van der Waals surface area contributed by atoms with Crippen LogP contribution >= 0.6 is 11.6 Å². The molecule has 8 heteroatoms. The van der Waals surface area contributed by atoms with Gasteiger partial charge >= 0.3 is 0 Å². The Hall–Kier alpha value is -2.25. The third-order valence-corrected chi connectivity index (χ3v) is 8.16. The first-order valence-electron chi connectivity index (χ1n) is 10.7. The van der Waals surface area contributed by atoms with Crippen LogP contribution in [-0.2, 0) is 21.2 Å². The number of anilines is 1. The minimum absolute atomic E-state index is 0.0135. The van der Waals surface area contributed by atoms with Gasteiger partial charge in [0.1, 0.15) is 5.75 Å². The number of nitrogens with zero attached hydrogens (tertiary/aromatic N) is 2. The van der Waals surface area contributed by atoms with Crippen LogP contribution in [0.2, 0.25) is 5.02 Å². The lowest BCUT2D eigenvalue weighted by atomic mass is 10.1. The average Bonchev–Trinajstić information content (AvgIpc) is 3.09. The molecule has 174 valence electrons. The van der Waals surface area contributed by atoms with E-state index in [1.54, 1.807) is 11.8 Å². The molecule has 1 aliphatic heterocycles. The summed E-state index contributed by atoms with van der Waals surface area (Å²) in [6.45, 7) is 5.82. The smallest absolute Gasteiger partial charge is 0.263 e. The number of aryl methyl sites for hydroxylation is 2. The van der Waals surface area contributed by atoms with Crippen LogP contribution < -0.4 is 9.64 Å². The van der Waals surface area contributed by atoms with E-state index in [0.29, 0.717) is 23.7 Å². The average molecular weight is 479 g/mol. The summed E-state index contributed by atoms with van der Waals surface area (Å²) in [4.78, 5) is 17.1. The topological polar surface area (TPSA) is 66.9 Å². The van der Waals surface area contributed by atoms with E-state index in [9.17, 15) is 13.2 Å². The second-order valence-electron chi connectivity index (χ2n) is 8.72. The number of hydrogen-bond donors (Lipinski definition) is 0. The molecule has 0 saturated carbocycles. The molecule has 1 heterocycles. The van der Waals surface area contributed by atoms with Crippen molar-refractivity contribution >= 4 is 33.0 Å². The Kier molecular flexibility index (Phi) is 7.40. The number of benzene rings is 2. The SMILES string of the molecule is Cc1cc(OC(C)C(=O)N(Cc2ccc(N(C)C)cc2)C2CCS(=O)(=O)C2)cc(C)c1Cl. The van der Waals surface area contributed by atoms with Gasteiger partial charge in [-0.15, -0.1) is 0 Å². The monoisotopic (exact) mass is 478 g/mol. The molecule has 0 N–H and O–H groups in total. The summed E-state index contributed by atoms with van der Waals surface area (Å²) in [6, 6.07) is 11.2. The largest absolute Gasteiger partial charge is 0.481 e. The van der Waals surface area contributed by atoms with Gasteiger partial charge in [0.2, 0.25) is 0 Å². The predicted octanol–water partition coefficient (Wildman–Crippen LogP) is 4.01. The van der Waals surface area contributed by atoms with Crippen LogP contribution in [0, 0.1) is 13.8 Å². The first-order valence-corrected chi connectivity index (χ1v) is 12.9. The number of ether oxygens (including phenoxy) is 1. The summed E-state index contributed by atoms with van der Waals surface area (Å²) in [5.74, 6) is 0.431. The van der Waals surface area contributed by atoms with Crippen LogP contribution in [0.25, 0.3) is 0 Å². The molecule has 0 aliphatic carbocycles. The van der Waals surface area contributed by atoms with Gasteiger partial charge in [-0.2, -0.15) is 0 Å². The predicted molar refractivity (Wildman–Crippen MR) is 129 cm³/mol. The molecule has 0 aromatic heterocycles. The highest BCUT2D eigenvalue weighted by atomic mass is 35.5. The van der Waals surface area contributed by atoms with E-state index in [1.165, 1.54) is 0 Å². The van der Waals surface area contributed by atoms with E-state index in [2.05, 4.69) is 0 Å². The minimum atomic E-state index is -3.14. The lowest BCUT2D eigenvalue weighted by Crippen LogP contribution is -2.46. The molecule has 32 heavy (non-hydrogen) atoms. The quantitative estimate of drug-likeness (QED) is 0.601. The lowest BCUT2D eigenvalue weighted by Gasteiger charge is -2.31. The van der Waals surface area contributed by atoms with Crippen molar-refractivity contribution in [2.75, 3.05) is 30.5 Å². The van der Waals surface area contributed by atoms with Gasteiger partial charge in [0.05, 0.1) is 11.5 Å². The van der Waals surface area contributed by atoms with Crippen molar-refractivity contribution in [1.82, 2.24) is 4.90 Å². The molecule has 0 spiro atoms. The van der Waals surface area contributed by atoms with Gasteiger partial charge in [0, 0.05) is 37.4 Å². The first kappa shape index (κ1) is 24.4. The van der Waals surface area contributed by atoms with Crippen LogP contribution in [0.1, 0.15) is 30.0 Å². The maximum atomic E-state index is 13.4. The molecule has 2 aromatic carbocycles. The van der Waals surface area contributed by atoms with Crippen LogP contribution in [0.3, 0.4) is 0 Å². The second-order valence-corrected chi connectivity index (χ2v) is 11.3. The van der Waals surface area contributed by atoms with Gasteiger partial charge in [0.25, 0.3) is 5.91 Å². The Labute approximate surface area is 196 Å². The van der Waals surface area contributed by atoms with Gasteiger partial charge in [-0.3, -0.25) is 4.79 Å². The zero-order valence-electron chi connectivity index (χ0n) is 19.3. The van der Waals surface area contributed by atoms with Crippen molar-refractivity contribution in [3.63, 3.8) is 0 Å². The van der Waals surface area contributed by atoms with Gasteiger partial charge in [-0.05, 0) is 68.1 Å². The van der Waals surface area contributed by atoms with Gasteiger partial charge in [-0.25, -0.2) is 8.42 Å². The molecule has 1 fully saturated rings. The standard InChI is InChI=1S/C24H31ClN2O4S/c1-16-12-22(13-17(2)23(16)25)31-18(3)24(28)27(21-10-11-32(29,30)15-21)14-19-6-8-20(9-7-19)26(4)5/h6-9,12-13,18,21H,10-11,14-15H2,1-5H3. The second kappa shape index (κ2) is 9.71. The number of carbonyl (C=O) groups excluding carboxylic acids is 1. The number of halogens is 1.